The zero-order chi connectivity index (χ0) is 13.4. The SMILES string of the molecule is CCN(CC)CCCNC(=O)[C@@H]1CC[C@H](CN)O1. The van der Waals surface area contributed by atoms with Gasteiger partial charge in [-0.05, 0) is 38.9 Å². The number of hydrogen-bond donors (Lipinski definition) is 2. The van der Waals surface area contributed by atoms with E-state index in [9.17, 15) is 4.79 Å². The van der Waals surface area contributed by atoms with Crippen molar-refractivity contribution in [1.29, 1.82) is 0 Å². The molecule has 2 atom stereocenters. The van der Waals surface area contributed by atoms with E-state index < -0.39 is 0 Å². The summed E-state index contributed by atoms with van der Waals surface area (Å²) in [6.45, 7) is 8.70. The van der Waals surface area contributed by atoms with Gasteiger partial charge in [-0.15, -0.1) is 0 Å². The molecule has 0 bridgehead atoms. The van der Waals surface area contributed by atoms with Gasteiger partial charge in [0, 0.05) is 13.1 Å². The Hall–Kier alpha value is -0.650. The van der Waals surface area contributed by atoms with Crippen LogP contribution in [0.25, 0.3) is 0 Å². The van der Waals surface area contributed by atoms with Gasteiger partial charge in [0.2, 0.25) is 5.91 Å². The summed E-state index contributed by atoms with van der Waals surface area (Å²) in [5, 5.41) is 2.94. The number of carbonyl (C=O) groups is 1. The molecule has 1 aliphatic heterocycles. The number of rotatable bonds is 8. The van der Waals surface area contributed by atoms with Gasteiger partial charge in [-0.2, -0.15) is 0 Å². The Bertz CT molecular complexity index is 244. The summed E-state index contributed by atoms with van der Waals surface area (Å²) >= 11 is 0. The number of hydrogen-bond acceptors (Lipinski definition) is 4. The lowest BCUT2D eigenvalue weighted by Crippen LogP contribution is -2.37. The highest BCUT2D eigenvalue weighted by Crippen LogP contribution is 2.18. The number of nitrogens with zero attached hydrogens (tertiary/aromatic N) is 1. The molecule has 3 N–H and O–H groups in total. The van der Waals surface area contributed by atoms with Crippen LogP contribution < -0.4 is 11.1 Å². The highest BCUT2D eigenvalue weighted by atomic mass is 16.5. The summed E-state index contributed by atoms with van der Waals surface area (Å²) in [6.07, 6.45) is 2.46. The summed E-state index contributed by atoms with van der Waals surface area (Å²) in [4.78, 5) is 14.1. The maximum Gasteiger partial charge on any atom is 0.249 e. The second-order valence-corrected chi connectivity index (χ2v) is 4.73. The molecular weight excluding hydrogens is 230 g/mol. The molecule has 5 nitrogen and oxygen atoms in total. The largest absolute Gasteiger partial charge is 0.364 e. The fourth-order valence-corrected chi connectivity index (χ4v) is 2.24. The Kier molecular flexibility index (Phi) is 7.23. The Morgan fingerprint density at radius 1 is 1.39 bits per heavy atom. The average molecular weight is 257 g/mol. The van der Waals surface area contributed by atoms with Gasteiger partial charge >= 0.3 is 0 Å². The molecule has 0 aromatic heterocycles. The average Bonchev–Trinajstić information content (AvgIpc) is 2.87. The third-order valence-corrected chi connectivity index (χ3v) is 3.51. The molecule has 1 saturated heterocycles. The van der Waals surface area contributed by atoms with E-state index in [2.05, 4.69) is 24.1 Å². The molecule has 1 aliphatic rings. The van der Waals surface area contributed by atoms with Crippen LogP contribution in [0.2, 0.25) is 0 Å². The molecule has 0 aliphatic carbocycles. The molecule has 0 unspecified atom stereocenters. The first-order valence-corrected chi connectivity index (χ1v) is 7.06. The van der Waals surface area contributed by atoms with Crippen molar-refractivity contribution in [3.63, 3.8) is 0 Å². The minimum Gasteiger partial charge on any atom is -0.364 e. The molecule has 0 aromatic rings. The van der Waals surface area contributed by atoms with Crippen LogP contribution >= 0.6 is 0 Å². The van der Waals surface area contributed by atoms with Gasteiger partial charge in [0.25, 0.3) is 0 Å². The monoisotopic (exact) mass is 257 g/mol. The molecule has 1 amide bonds. The molecule has 0 radical (unpaired) electrons. The van der Waals surface area contributed by atoms with Crippen molar-refractivity contribution in [2.45, 2.75) is 45.3 Å². The quantitative estimate of drug-likeness (QED) is 0.615. The summed E-state index contributed by atoms with van der Waals surface area (Å²) in [6, 6.07) is 0. The van der Waals surface area contributed by atoms with Crippen molar-refractivity contribution in [2.75, 3.05) is 32.7 Å². The standard InChI is InChI=1S/C13H27N3O2/c1-3-16(4-2)9-5-8-15-13(17)12-7-6-11(10-14)18-12/h11-12H,3-10,14H2,1-2H3,(H,15,17)/t11-,12+/m1/s1. The number of amides is 1. The number of ether oxygens (including phenoxy) is 1. The van der Waals surface area contributed by atoms with Crippen LogP contribution in [0.5, 0.6) is 0 Å². The Labute approximate surface area is 110 Å². The van der Waals surface area contributed by atoms with E-state index in [1.54, 1.807) is 0 Å². The lowest BCUT2D eigenvalue weighted by Gasteiger charge is -2.18. The molecule has 5 heteroatoms. The third kappa shape index (κ3) is 4.92. The van der Waals surface area contributed by atoms with Crippen molar-refractivity contribution in [1.82, 2.24) is 10.2 Å². The summed E-state index contributed by atoms with van der Waals surface area (Å²) in [5.41, 5.74) is 5.52. The first kappa shape index (κ1) is 15.4. The Morgan fingerprint density at radius 3 is 2.67 bits per heavy atom. The molecule has 0 saturated carbocycles. The van der Waals surface area contributed by atoms with Crippen LogP contribution in [0.1, 0.15) is 33.1 Å². The summed E-state index contributed by atoms with van der Waals surface area (Å²) in [7, 11) is 0. The molecular formula is C13H27N3O2. The smallest absolute Gasteiger partial charge is 0.249 e. The van der Waals surface area contributed by atoms with Gasteiger partial charge in [0.15, 0.2) is 0 Å². The maximum atomic E-state index is 11.8. The number of carbonyl (C=O) groups excluding carboxylic acids is 1. The molecule has 1 fully saturated rings. The molecule has 0 aromatic carbocycles. The Morgan fingerprint density at radius 2 is 2.11 bits per heavy atom. The minimum absolute atomic E-state index is 0.0190. The first-order chi connectivity index (χ1) is 8.71. The maximum absolute atomic E-state index is 11.8. The van der Waals surface area contributed by atoms with E-state index in [0.29, 0.717) is 6.54 Å². The lowest BCUT2D eigenvalue weighted by atomic mass is 10.2. The van der Waals surface area contributed by atoms with E-state index in [0.717, 1.165) is 45.4 Å². The van der Waals surface area contributed by atoms with Crippen LogP contribution in [-0.4, -0.2) is 55.7 Å². The molecule has 0 spiro atoms. The molecule has 1 heterocycles. The zero-order valence-corrected chi connectivity index (χ0v) is 11.7. The van der Waals surface area contributed by atoms with E-state index >= 15 is 0 Å². The van der Waals surface area contributed by atoms with E-state index in [4.69, 9.17) is 10.5 Å². The summed E-state index contributed by atoms with van der Waals surface area (Å²) in [5.74, 6) is 0.0190. The first-order valence-electron chi connectivity index (χ1n) is 7.06. The van der Waals surface area contributed by atoms with E-state index in [1.165, 1.54) is 0 Å². The predicted molar refractivity (Wildman–Crippen MR) is 72.4 cm³/mol. The molecule has 106 valence electrons. The van der Waals surface area contributed by atoms with Gasteiger partial charge in [-0.3, -0.25) is 4.79 Å². The topological polar surface area (TPSA) is 67.6 Å². The van der Waals surface area contributed by atoms with Crippen molar-refractivity contribution >= 4 is 5.91 Å². The van der Waals surface area contributed by atoms with Gasteiger partial charge in [0.1, 0.15) is 6.10 Å². The third-order valence-electron chi connectivity index (χ3n) is 3.51. The number of nitrogens with two attached hydrogens (primary N) is 1. The second-order valence-electron chi connectivity index (χ2n) is 4.73. The fraction of sp³-hybridized carbons (Fsp3) is 0.923. The van der Waals surface area contributed by atoms with Gasteiger partial charge in [-0.1, -0.05) is 13.8 Å². The van der Waals surface area contributed by atoms with Gasteiger partial charge in [0.05, 0.1) is 6.10 Å². The number of nitrogens with one attached hydrogen (secondary N) is 1. The van der Waals surface area contributed by atoms with Crippen LogP contribution in [0, 0.1) is 0 Å². The normalized spacial score (nSPS) is 23.6. The van der Waals surface area contributed by atoms with Crippen LogP contribution in [0.4, 0.5) is 0 Å². The van der Waals surface area contributed by atoms with Gasteiger partial charge in [-0.25, -0.2) is 0 Å². The van der Waals surface area contributed by atoms with Crippen LogP contribution in [0.15, 0.2) is 0 Å². The lowest BCUT2D eigenvalue weighted by molar-refractivity contribution is -0.131. The van der Waals surface area contributed by atoms with Crippen molar-refractivity contribution < 1.29 is 9.53 Å². The molecule has 18 heavy (non-hydrogen) atoms. The fourth-order valence-electron chi connectivity index (χ4n) is 2.24. The highest BCUT2D eigenvalue weighted by molar-refractivity contribution is 5.80. The minimum atomic E-state index is -0.285. The predicted octanol–water partition coefficient (Wildman–Crippen LogP) is 0.341. The van der Waals surface area contributed by atoms with E-state index in [1.807, 2.05) is 0 Å². The summed E-state index contributed by atoms with van der Waals surface area (Å²) < 4.78 is 5.55. The van der Waals surface area contributed by atoms with Crippen LogP contribution in [0.3, 0.4) is 0 Å². The van der Waals surface area contributed by atoms with Crippen molar-refractivity contribution in [3.8, 4) is 0 Å². The van der Waals surface area contributed by atoms with Crippen molar-refractivity contribution in [3.05, 3.63) is 0 Å². The van der Waals surface area contributed by atoms with Crippen LogP contribution in [-0.2, 0) is 9.53 Å². The Balaban J connectivity index is 2.10. The van der Waals surface area contributed by atoms with E-state index in [-0.39, 0.29) is 18.1 Å². The van der Waals surface area contributed by atoms with Crippen molar-refractivity contribution in [2.24, 2.45) is 5.73 Å². The molecule has 1 rings (SSSR count). The van der Waals surface area contributed by atoms with Gasteiger partial charge < -0.3 is 20.7 Å². The zero-order valence-electron chi connectivity index (χ0n) is 11.7. The highest BCUT2D eigenvalue weighted by Gasteiger charge is 2.29. The second kappa shape index (κ2) is 8.45.